The summed E-state index contributed by atoms with van der Waals surface area (Å²) in [6.07, 6.45) is 43.1. The Morgan fingerprint density at radius 2 is 0.701 bits per heavy atom. The van der Waals surface area contributed by atoms with Crippen molar-refractivity contribution in [2.75, 3.05) is 13.2 Å². The summed E-state index contributed by atoms with van der Waals surface area (Å²) in [5.74, 6) is -2.41. The van der Waals surface area contributed by atoms with Crippen LogP contribution in [0.3, 0.4) is 0 Å². The van der Waals surface area contributed by atoms with E-state index in [1.807, 2.05) is 0 Å². The van der Waals surface area contributed by atoms with Gasteiger partial charge in [0, 0.05) is 12.8 Å². The Kier molecular flexibility index (Phi) is 44.0. The molecule has 4 N–H and O–H groups in total. The van der Waals surface area contributed by atoms with Gasteiger partial charge in [0.05, 0.1) is 6.61 Å². The maximum atomic E-state index is 12.9. The molecule has 0 bridgehead atoms. The number of rotatable bonds is 50. The van der Waals surface area contributed by atoms with Crippen molar-refractivity contribution in [2.45, 2.75) is 327 Å². The van der Waals surface area contributed by atoms with E-state index in [-0.39, 0.29) is 26.1 Å². The second-order valence-electron chi connectivity index (χ2n) is 20.2. The average Bonchev–Trinajstić information content (AvgIpc) is 3.31. The van der Waals surface area contributed by atoms with Crippen LogP contribution in [0, 0.1) is 0 Å². The highest BCUT2D eigenvalue weighted by molar-refractivity contribution is 5.73. The monoisotopic (exact) mass is 955 g/mol. The number of esters is 2. The molecule has 1 aliphatic rings. The van der Waals surface area contributed by atoms with Gasteiger partial charge in [0.2, 0.25) is 0 Å². The van der Waals surface area contributed by atoms with E-state index < -0.39 is 54.7 Å². The summed E-state index contributed by atoms with van der Waals surface area (Å²) < 4.78 is 21.9. The Morgan fingerprint density at radius 3 is 1.01 bits per heavy atom. The number of aliphatic hydroxyl groups excluding tert-OH is 3. The fourth-order valence-corrected chi connectivity index (χ4v) is 9.24. The summed E-state index contributed by atoms with van der Waals surface area (Å²) in [4.78, 5) is 37.1. The van der Waals surface area contributed by atoms with Gasteiger partial charge in [-0.05, 0) is 12.8 Å². The predicted octanol–water partition coefficient (Wildman–Crippen LogP) is 14.2. The molecule has 0 radical (unpaired) electrons. The summed E-state index contributed by atoms with van der Waals surface area (Å²) in [7, 11) is 0. The molecule has 0 amide bonds. The van der Waals surface area contributed by atoms with E-state index in [1.54, 1.807) is 0 Å². The molecule has 11 heteroatoms. The minimum absolute atomic E-state index is 0.192. The van der Waals surface area contributed by atoms with Gasteiger partial charge >= 0.3 is 17.9 Å². The molecule has 1 saturated heterocycles. The molecule has 6 unspecified atom stereocenters. The van der Waals surface area contributed by atoms with Gasteiger partial charge in [-0.3, -0.25) is 9.59 Å². The molecule has 396 valence electrons. The normalized spacial score (nSPS) is 18.9. The fourth-order valence-electron chi connectivity index (χ4n) is 9.24. The largest absolute Gasteiger partial charge is 0.479 e. The number of ether oxygens (including phenoxy) is 4. The van der Waals surface area contributed by atoms with E-state index in [4.69, 9.17) is 18.9 Å². The maximum Gasteiger partial charge on any atom is 0.335 e. The number of unbranched alkanes of at least 4 members (excludes halogenated alkanes) is 39. The number of hydrogen-bond acceptors (Lipinski definition) is 10. The second kappa shape index (κ2) is 46.6. The summed E-state index contributed by atoms with van der Waals surface area (Å²) in [6.45, 7) is 3.88. The molecule has 6 atom stereocenters. The van der Waals surface area contributed by atoms with Gasteiger partial charge < -0.3 is 39.4 Å². The minimum atomic E-state index is -1.86. The number of carboxylic acids is 1. The number of hydrogen-bond donors (Lipinski definition) is 4. The van der Waals surface area contributed by atoms with E-state index in [0.29, 0.717) is 12.8 Å². The summed E-state index contributed by atoms with van der Waals surface area (Å²) >= 11 is 0. The Hall–Kier alpha value is -1.79. The zero-order chi connectivity index (χ0) is 48.8. The third-order valence-corrected chi connectivity index (χ3v) is 13.7. The highest BCUT2D eigenvalue weighted by Gasteiger charge is 2.47. The average molecular weight is 955 g/mol. The van der Waals surface area contributed by atoms with Gasteiger partial charge in [0.25, 0.3) is 0 Å². The van der Waals surface area contributed by atoms with E-state index in [2.05, 4.69) is 13.8 Å². The molecule has 0 aromatic carbocycles. The smallest absolute Gasteiger partial charge is 0.335 e. The van der Waals surface area contributed by atoms with Crippen molar-refractivity contribution in [3.63, 3.8) is 0 Å². The van der Waals surface area contributed by atoms with E-state index in [1.165, 1.54) is 212 Å². The highest BCUT2D eigenvalue weighted by Crippen LogP contribution is 2.24. The van der Waals surface area contributed by atoms with Gasteiger partial charge in [0.15, 0.2) is 18.5 Å². The van der Waals surface area contributed by atoms with Crippen LogP contribution in [0.25, 0.3) is 0 Å². The molecule has 0 saturated carbocycles. The maximum absolute atomic E-state index is 12.9. The van der Waals surface area contributed by atoms with Crippen LogP contribution in [0.15, 0.2) is 0 Å². The minimum Gasteiger partial charge on any atom is -0.479 e. The topological polar surface area (TPSA) is 169 Å². The van der Waals surface area contributed by atoms with Crippen LogP contribution in [0.1, 0.15) is 290 Å². The van der Waals surface area contributed by atoms with Crippen molar-refractivity contribution in [3.8, 4) is 0 Å². The lowest BCUT2D eigenvalue weighted by Gasteiger charge is -2.38. The van der Waals surface area contributed by atoms with Gasteiger partial charge in [-0.25, -0.2) is 4.79 Å². The van der Waals surface area contributed by atoms with Crippen molar-refractivity contribution < 1.29 is 53.8 Å². The number of aliphatic hydroxyl groups is 3. The molecule has 1 heterocycles. The third kappa shape index (κ3) is 37.7. The Morgan fingerprint density at radius 1 is 0.403 bits per heavy atom. The third-order valence-electron chi connectivity index (χ3n) is 13.7. The van der Waals surface area contributed by atoms with Gasteiger partial charge in [-0.15, -0.1) is 0 Å². The van der Waals surface area contributed by atoms with E-state index in [0.717, 1.165) is 38.5 Å². The number of carbonyl (C=O) groups excluding carboxylic acids is 2. The first-order valence-electron chi connectivity index (χ1n) is 28.6. The van der Waals surface area contributed by atoms with E-state index >= 15 is 0 Å². The van der Waals surface area contributed by atoms with Crippen LogP contribution < -0.4 is 0 Å². The van der Waals surface area contributed by atoms with Crippen LogP contribution in [-0.2, 0) is 33.3 Å². The van der Waals surface area contributed by atoms with Crippen molar-refractivity contribution in [2.24, 2.45) is 0 Å². The standard InChI is InChI=1S/C56H106O11/c1-3-5-7-9-11-13-15-17-19-21-22-23-24-25-26-27-29-30-32-34-36-38-40-42-44-49(57)64-46-48(47-65-56-53(61)51(59)52(60)54(67-56)55(62)63)66-50(58)45-43-41-39-37-35-33-31-28-20-18-16-14-12-10-8-6-4-2/h48,51-54,56,59-61H,3-47H2,1-2H3,(H,62,63). The van der Waals surface area contributed by atoms with Crippen LogP contribution in [0.5, 0.6) is 0 Å². The fraction of sp³-hybridized carbons (Fsp3) is 0.946. The lowest BCUT2D eigenvalue weighted by atomic mass is 9.99. The van der Waals surface area contributed by atoms with Crippen LogP contribution in [0.2, 0.25) is 0 Å². The zero-order valence-corrected chi connectivity index (χ0v) is 43.4. The lowest BCUT2D eigenvalue weighted by Crippen LogP contribution is -2.60. The van der Waals surface area contributed by atoms with Crippen LogP contribution in [0.4, 0.5) is 0 Å². The number of carbonyl (C=O) groups is 3. The molecule has 1 aliphatic heterocycles. The summed E-state index contributed by atoms with van der Waals surface area (Å²) in [5, 5.41) is 40.0. The molecule has 1 fully saturated rings. The number of carboxylic acid groups (broad SMARTS) is 1. The number of aliphatic carboxylic acids is 1. The Bertz CT molecular complexity index is 1120. The molecule has 1 rings (SSSR count). The highest BCUT2D eigenvalue weighted by atomic mass is 16.7. The van der Waals surface area contributed by atoms with Crippen molar-refractivity contribution in [3.05, 3.63) is 0 Å². The molecule has 67 heavy (non-hydrogen) atoms. The molecular formula is C56H106O11. The molecular weight excluding hydrogens is 849 g/mol. The molecule has 0 aliphatic carbocycles. The molecule has 11 nitrogen and oxygen atoms in total. The van der Waals surface area contributed by atoms with Crippen molar-refractivity contribution >= 4 is 17.9 Å². The predicted molar refractivity (Wildman–Crippen MR) is 271 cm³/mol. The van der Waals surface area contributed by atoms with Gasteiger partial charge in [-0.2, -0.15) is 0 Å². The zero-order valence-electron chi connectivity index (χ0n) is 43.4. The Balaban J connectivity index is 2.21. The van der Waals surface area contributed by atoms with Crippen molar-refractivity contribution in [1.29, 1.82) is 0 Å². The first-order chi connectivity index (χ1) is 32.7. The van der Waals surface area contributed by atoms with Gasteiger partial charge in [0.1, 0.15) is 24.9 Å². The molecule has 0 spiro atoms. The second-order valence-corrected chi connectivity index (χ2v) is 20.2. The van der Waals surface area contributed by atoms with Crippen LogP contribution in [-0.4, -0.2) is 88.4 Å². The Labute approximate surface area is 410 Å². The van der Waals surface area contributed by atoms with E-state index in [9.17, 15) is 34.8 Å². The molecule has 0 aromatic heterocycles. The summed E-state index contributed by atoms with van der Waals surface area (Å²) in [5.41, 5.74) is 0. The lowest BCUT2D eigenvalue weighted by molar-refractivity contribution is -0.298. The van der Waals surface area contributed by atoms with Crippen molar-refractivity contribution in [1.82, 2.24) is 0 Å². The van der Waals surface area contributed by atoms with Gasteiger partial charge in [-0.1, -0.05) is 264 Å². The SMILES string of the molecule is CCCCCCCCCCCCCCCCCCCCCCCCCCC(=O)OCC(COC1OC(C(=O)O)C(O)C(O)C1O)OC(=O)CCCCCCCCCCCCCCCCCCC. The van der Waals surface area contributed by atoms with Crippen LogP contribution >= 0.6 is 0 Å². The first-order valence-corrected chi connectivity index (χ1v) is 28.6. The summed E-state index contributed by atoms with van der Waals surface area (Å²) in [6, 6.07) is 0. The quantitative estimate of drug-likeness (QED) is 0.0338. The first kappa shape index (κ1) is 63.2. The molecule has 0 aromatic rings.